The van der Waals surface area contributed by atoms with Crippen LogP contribution >= 0.6 is 0 Å². The number of nitrogens with one attached hydrogen (secondary N) is 1. The van der Waals surface area contributed by atoms with E-state index in [4.69, 9.17) is 4.42 Å². The van der Waals surface area contributed by atoms with E-state index in [0.717, 1.165) is 18.7 Å². The summed E-state index contributed by atoms with van der Waals surface area (Å²) in [5, 5.41) is 3.08. The molecular formula is C14H17FN2O. The molecule has 0 aliphatic carbocycles. The van der Waals surface area contributed by atoms with Crippen molar-refractivity contribution < 1.29 is 8.81 Å². The number of rotatable bonds is 6. The molecule has 0 unspecified atom stereocenters. The number of halogens is 1. The van der Waals surface area contributed by atoms with Crippen LogP contribution in [0.15, 0.2) is 47.3 Å². The fourth-order valence-corrected chi connectivity index (χ4v) is 1.76. The Bertz CT molecular complexity index is 470. The third-order valence-corrected chi connectivity index (χ3v) is 2.72. The summed E-state index contributed by atoms with van der Waals surface area (Å²) in [4.78, 5) is 2.15. The minimum Gasteiger partial charge on any atom is -0.472 e. The molecule has 0 radical (unpaired) electrons. The van der Waals surface area contributed by atoms with Crippen molar-refractivity contribution >= 4 is 5.69 Å². The Morgan fingerprint density at radius 1 is 1.28 bits per heavy atom. The van der Waals surface area contributed by atoms with Gasteiger partial charge in [-0.15, -0.1) is 0 Å². The number of nitrogens with zero attached hydrogens (tertiary/aromatic N) is 1. The molecule has 0 saturated heterocycles. The van der Waals surface area contributed by atoms with Crippen LogP contribution in [0.2, 0.25) is 0 Å². The molecular weight excluding hydrogens is 231 g/mol. The molecule has 0 atom stereocenters. The van der Waals surface area contributed by atoms with Crippen LogP contribution in [0.5, 0.6) is 0 Å². The molecule has 3 nitrogen and oxygen atoms in total. The highest BCUT2D eigenvalue weighted by atomic mass is 19.1. The highest BCUT2D eigenvalue weighted by molar-refractivity contribution is 5.44. The van der Waals surface area contributed by atoms with E-state index in [0.29, 0.717) is 12.2 Å². The molecule has 18 heavy (non-hydrogen) atoms. The Labute approximate surface area is 106 Å². The van der Waals surface area contributed by atoms with E-state index >= 15 is 0 Å². The summed E-state index contributed by atoms with van der Waals surface area (Å²) < 4.78 is 18.3. The summed E-state index contributed by atoms with van der Waals surface area (Å²) in [6.45, 7) is 2.37. The van der Waals surface area contributed by atoms with E-state index < -0.39 is 0 Å². The third kappa shape index (κ3) is 3.60. The van der Waals surface area contributed by atoms with Gasteiger partial charge in [0.05, 0.1) is 18.2 Å². The zero-order valence-corrected chi connectivity index (χ0v) is 10.4. The van der Waals surface area contributed by atoms with Gasteiger partial charge < -0.3 is 14.6 Å². The lowest BCUT2D eigenvalue weighted by molar-refractivity contribution is 0.338. The third-order valence-electron chi connectivity index (χ3n) is 2.72. The monoisotopic (exact) mass is 248 g/mol. The van der Waals surface area contributed by atoms with Crippen molar-refractivity contribution in [2.24, 2.45) is 0 Å². The lowest BCUT2D eigenvalue weighted by atomic mass is 10.3. The second-order valence-corrected chi connectivity index (χ2v) is 4.28. The summed E-state index contributed by atoms with van der Waals surface area (Å²) in [5.41, 5.74) is 1.69. The average Bonchev–Trinajstić information content (AvgIpc) is 2.84. The first kappa shape index (κ1) is 12.6. The maximum absolute atomic E-state index is 13.3. The van der Waals surface area contributed by atoms with E-state index in [-0.39, 0.29) is 5.82 Å². The van der Waals surface area contributed by atoms with Gasteiger partial charge >= 0.3 is 0 Å². The van der Waals surface area contributed by atoms with Crippen LogP contribution in [0.3, 0.4) is 0 Å². The number of furan rings is 1. The Kier molecular flexibility index (Phi) is 4.36. The fraction of sp³-hybridized carbons (Fsp3) is 0.286. The van der Waals surface area contributed by atoms with E-state index in [1.807, 2.05) is 19.2 Å². The predicted molar refractivity (Wildman–Crippen MR) is 69.9 cm³/mol. The van der Waals surface area contributed by atoms with E-state index in [1.54, 1.807) is 24.7 Å². The summed E-state index contributed by atoms with van der Waals surface area (Å²) >= 11 is 0. The molecule has 2 rings (SSSR count). The van der Waals surface area contributed by atoms with Crippen LogP contribution in [0.4, 0.5) is 10.1 Å². The number of anilines is 1. The van der Waals surface area contributed by atoms with Gasteiger partial charge in [0.15, 0.2) is 0 Å². The standard InChI is InChI=1S/C14H17FN2O/c1-17(10-12-6-9-18-11-12)8-7-16-14-5-3-2-4-13(14)15/h2-6,9,11,16H,7-8,10H2,1H3. The Morgan fingerprint density at radius 2 is 2.11 bits per heavy atom. The van der Waals surface area contributed by atoms with Gasteiger partial charge in [-0.25, -0.2) is 4.39 Å². The molecule has 0 aliphatic rings. The van der Waals surface area contributed by atoms with Crippen LogP contribution in [-0.4, -0.2) is 25.0 Å². The number of hydrogen-bond donors (Lipinski definition) is 1. The van der Waals surface area contributed by atoms with Gasteiger partial charge in [-0.1, -0.05) is 12.1 Å². The lowest BCUT2D eigenvalue weighted by Gasteiger charge is -2.16. The molecule has 1 aromatic heterocycles. The van der Waals surface area contributed by atoms with Crippen molar-refractivity contribution in [3.05, 3.63) is 54.2 Å². The zero-order valence-electron chi connectivity index (χ0n) is 10.4. The highest BCUT2D eigenvalue weighted by Gasteiger charge is 2.02. The van der Waals surface area contributed by atoms with Crippen LogP contribution in [0, 0.1) is 5.82 Å². The first-order chi connectivity index (χ1) is 8.75. The molecule has 0 fully saturated rings. The average molecular weight is 248 g/mol. The molecule has 2 aromatic rings. The molecule has 1 aromatic carbocycles. The van der Waals surface area contributed by atoms with E-state index in [1.165, 1.54) is 6.07 Å². The Hall–Kier alpha value is -1.81. The maximum Gasteiger partial charge on any atom is 0.146 e. The molecule has 1 N–H and O–H groups in total. The maximum atomic E-state index is 13.3. The van der Waals surface area contributed by atoms with Gasteiger partial charge in [0.1, 0.15) is 5.82 Å². The van der Waals surface area contributed by atoms with Gasteiger partial charge in [-0.05, 0) is 25.2 Å². The van der Waals surface area contributed by atoms with Crippen molar-refractivity contribution in [1.82, 2.24) is 4.90 Å². The fourth-order valence-electron chi connectivity index (χ4n) is 1.76. The van der Waals surface area contributed by atoms with Gasteiger partial charge in [0.25, 0.3) is 0 Å². The molecule has 0 aliphatic heterocycles. The van der Waals surface area contributed by atoms with E-state index in [9.17, 15) is 4.39 Å². The number of para-hydroxylation sites is 1. The van der Waals surface area contributed by atoms with Gasteiger partial charge in [0, 0.05) is 25.2 Å². The van der Waals surface area contributed by atoms with Crippen LogP contribution in [0.25, 0.3) is 0 Å². The van der Waals surface area contributed by atoms with Crippen molar-refractivity contribution in [2.75, 3.05) is 25.5 Å². The van der Waals surface area contributed by atoms with Crippen molar-refractivity contribution in [3.8, 4) is 0 Å². The lowest BCUT2D eigenvalue weighted by Crippen LogP contribution is -2.24. The van der Waals surface area contributed by atoms with Gasteiger partial charge in [0.2, 0.25) is 0 Å². The number of likely N-dealkylation sites (N-methyl/N-ethyl adjacent to an activating group) is 1. The normalized spacial score (nSPS) is 10.8. The second kappa shape index (κ2) is 6.21. The SMILES string of the molecule is CN(CCNc1ccccc1F)Cc1ccoc1. The smallest absolute Gasteiger partial charge is 0.146 e. The summed E-state index contributed by atoms with van der Waals surface area (Å²) in [6.07, 6.45) is 3.40. The van der Waals surface area contributed by atoms with Crippen molar-refractivity contribution in [3.63, 3.8) is 0 Å². The molecule has 1 heterocycles. The largest absolute Gasteiger partial charge is 0.472 e. The molecule has 0 bridgehead atoms. The molecule has 96 valence electrons. The first-order valence-corrected chi connectivity index (χ1v) is 5.94. The quantitative estimate of drug-likeness (QED) is 0.852. The summed E-state index contributed by atoms with van der Waals surface area (Å²) in [5.74, 6) is -0.213. The highest BCUT2D eigenvalue weighted by Crippen LogP contribution is 2.11. The Morgan fingerprint density at radius 3 is 2.83 bits per heavy atom. The summed E-state index contributed by atoms with van der Waals surface area (Å²) in [7, 11) is 2.02. The van der Waals surface area contributed by atoms with E-state index in [2.05, 4.69) is 10.2 Å². The predicted octanol–water partition coefficient (Wildman–Crippen LogP) is 2.96. The van der Waals surface area contributed by atoms with Gasteiger partial charge in [-0.2, -0.15) is 0 Å². The zero-order chi connectivity index (χ0) is 12.8. The summed E-state index contributed by atoms with van der Waals surface area (Å²) in [6, 6.07) is 8.65. The molecule has 4 heteroatoms. The number of benzene rings is 1. The van der Waals surface area contributed by atoms with Crippen LogP contribution < -0.4 is 5.32 Å². The molecule has 0 saturated carbocycles. The molecule has 0 amide bonds. The minimum absolute atomic E-state index is 0.213. The first-order valence-electron chi connectivity index (χ1n) is 5.94. The van der Waals surface area contributed by atoms with Crippen LogP contribution in [-0.2, 0) is 6.54 Å². The second-order valence-electron chi connectivity index (χ2n) is 4.28. The minimum atomic E-state index is -0.213. The van der Waals surface area contributed by atoms with Crippen molar-refractivity contribution in [2.45, 2.75) is 6.54 Å². The topological polar surface area (TPSA) is 28.4 Å². The van der Waals surface area contributed by atoms with Crippen LogP contribution in [0.1, 0.15) is 5.56 Å². The Balaban J connectivity index is 1.74. The van der Waals surface area contributed by atoms with Gasteiger partial charge in [-0.3, -0.25) is 0 Å². The van der Waals surface area contributed by atoms with Crippen molar-refractivity contribution in [1.29, 1.82) is 0 Å². The number of hydrogen-bond acceptors (Lipinski definition) is 3. The molecule has 0 spiro atoms.